The zero-order valence-electron chi connectivity index (χ0n) is 12.4. The number of aliphatic hydroxyl groups excluding tert-OH is 1. The Morgan fingerprint density at radius 1 is 1.32 bits per heavy atom. The Balaban J connectivity index is 2.09. The molecule has 19 heavy (non-hydrogen) atoms. The van der Waals surface area contributed by atoms with Crippen molar-refractivity contribution in [1.29, 1.82) is 0 Å². The van der Waals surface area contributed by atoms with Crippen LogP contribution in [0.1, 0.15) is 63.2 Å². The summed E-state index contributed by atoms with van der Waals surface area (Å²) < 4.78 is 6.24. The topological polar surface area (TPSA) is 29.5 Å². The van der Waals surface area contributed by atoms with Crippen LogP contribution in [0.3, 0.4) is 0 Å². The van der Waals surface area contributed by atoms with Crippen molar-refractivity contribution in [1.82, 2.24) is 0 Å². The number of benzene rings is 1. The van der Waals surface area contributed by atoms with Gasteiger partial charge in [-0.25, -0.2) is 0 Å². The van der Waals surface area contributed by atoms with Crippen molar-refractivity contribution in [3.05, 3.63) is 29.3 Å². The number of ether oxygens (including phenoxy) is 1. The average molecular weight is 262 g/mol. The number of aryl methyl sites for hydroxylation is 1. The lowest BCUT2D eigenvalue weighted by Gasteiger charge is -2.31. The number of aliphatic hydroxyl groups is 1. The van der Waals surface area contributed by atoms with Crippen LogP contribution in [0.2, 0.25) is 0 Å². The van der Waals surface area contributed by atoms with Crippen molar-refractivity contribution < 1.29 is 9.84 Å². The number of hydrogen-bond acceptors (Lipinski definition) is 2. The molecule has 2 rings (SSSR count). The van der Waals surface area contributed by atoms with Gasteiger partial charge in [-0.05, 0) is 68.7 Å². The van der Waals surface area contributed by atoms with Gasteiger partial charge >= 0.3 is 0 Å². The van der Waals surface area contributed by atoms with Crippen LogP contribution < -0.4 is 4.74 Å². The fraction of sp³-hybridized carbons (Fsp3) is 0.647. The lowest BCUT2D eigenvalue weighted by atomic mass is 9.84. The van der Waals surface area contributed by atoms with Crippen LogP contribution in [-0.4, -0.2) is 11.2 Å². The molecule has 1 aliphatic rings. The van der Waals surface area contributed by atoms with E-state index in [9.17, 15) is 5.11 Å². The summed E-state index contributed by atoms with van der Waals surface area (Å²) in [5.41, 5.74) is 2.08. The van der Waals surface area contributed by atoms with Gasteiger partial charge < -0.3 is 9.84 Å². The summed E-state index contributed by atoms with van der Waals surface area (Å²) in [6.45, 7) is 6.12. The van der Waals surface area contributed by atoms with Gasteiger partial charge in [0.05, 0.1) is 6.10 Å². The Morgan fingerprint density at radius 3 is 2.68 bits per heavy atom. The van der Waals surface area contributed by atoms with Crippen molar-refractivity contribution >= 4 is 0 Å². The highest BCUT2D eigenvalue weighted by Crippen LogP contribution is 2.32. The van der Waals surface area contributed by atoms with E-state index in [1.807, 2.05) is 18.2 Å². The molecule has 0 amide bonds. The maximum Gasteiger partial charge on any atom is 0.122 e. The molecule has 0 heterocycles. The van der Waals surface area contributed by atoms with Gasteiger partial charge in [0, 0.05) is 0 Å². The minimum Gasteiger partial charge on any atom is -0.490 e. The highest BCUT2D eigenvalue weighted by Gasteiger charge is 2.25. The first-order chi connectivity index (χ1) is 9.11. The molecule has 0 aliphatic heterocycles. The van der Waals surface area contributed by atoms with Crippen LogP contribution in [0, 0.1) is 12.8 Å². The van der Waals surface area contributed by atoms with E-state index in [-0.39, 0.29) is 0 Å². The van der Waals surface area contributed by atoms with Gasteiger partial charge in [0.2, 0.25) is 0 Å². The van der Waals surface area contributed by atoms with Crippen LogP contribution in [0.15, 0.2) is 18.2 Å². The third-order valence-electron chi connectivity index (χ3n) is 4.32. The minimum atomic E-state index is -0.411. The molecule has 2 unspecified atom stereocenters. The van der Waals surface area contributed by atoms with Crippen molar-refractivity contribution in [2.24, 2.45) is 5.92 Å². The number of hydrogen-bond donors (Lipinski definition) is 1. The molecule has 2 nitrogen and oxygen atoms in total. The molecule has 0 bridgehead atoms. The molecule has 0 saturated heterocycles. The molecular formula is C17H26O2. The molecule has 0 aromatic heterocycles. The Hall–Kier alpha value is -1.02. The third-order valence-corrected chi connectivity index (χ3v) is 4.32. The van der Waals surface area contributed by atoms with Crippen LogP contribution in [0.4, 0.5) is 0 Å². The maximum atomic E-state index is 9.60. The number of rotatable bonds is 4. The summed E-state index contributed by atoms with van der Waals surface area (Å²) in [5, 5.41) is 9.60. The normalized spacial score (nSPS) is 25.1. The molecule has 3 atom stereocenters. The Kier molecular flexibility index (Phi) is 4.87. The van der Waals surface area contributed by atoms with E-state index in [4.69, 9.17) is 4.74 Å². The molecule has 2 heteroatoms. The quantitative estimate of drug-likeness (QED) is 0.871. The minimum absolute atomic E-state index is 0.370. The van der Waals surface area contributed by atoms with E-state index >= 15 is 0 Å². The van der Waals surface area contributed by atoms with E-state index in [1.165, 1.54) is 32.1 Å². The summed E-state index contributed by atoms with van der Waals surface area (Å²) in [5.74, 6) is 1.68. The van der Waals surface area contributed by atoms with Gasteiger partial charge in [0.1, 0.15) is 11.9 Å². The van der Waals surface area contributed by atoms with Gasteiger partial charge in [-0.2, -0.15) is 0 Å². The summed E-state index contributed by atoms with van der Waals surface area (Å²) in [6.07, 6.45) is 6.27. The largest absolute Gasteiger partial charge is 0.490 e. The van der Waals surface area contributed by atoms with Crippen LogP contribution in [-0.2, 0) is 0 Å². The monoisotopic (exact) mass is 262 g/mol. The second kappa shape index (κ2) is 6.42. The van der Waals surface area contributed by atoms with Crippen LogP contribution in [0.5, 0.6) is 5.75 Å². The van der Waals surface area contributed by atoms with Crippen molar-refractivity contribution in [2.45, 2.75) is 65.1 Å². The van der Waals surface area contributed by atoms with E-state index in [2.05, 4.69) is 13.8 Å². The molecule has 1 saturated carbocycles. The summed E-state index contributed by atoms with van der Waals surface area (Å²) in [6, 6.07) is 6.01. The lowest BCUT2D eigenvalue weighted by molar-refractivity contribution is 0.0896. The fourth-order valence-corrected chi connectivity index (χ4v) is 3.02. The molecule has 1 N–H and O–H groups in total. The molecule has 0 radical (unpaired) electrons. The fourth-order valence-electron chi connectivity index (χ4n) is 3.02. The molecule has 1 aromatic carbocycles. The highest BCUT2D eigenvalue weighted by molar-refractivity contribution is 5.37. The molecule has 106 valence electrons. The first-order valence-corrected chi connectivity index (χ1v) is 7.57. The van der Waals surface area contributed by atoms with Crippen LogP contribution >= 0.6 is 0 Å². The maximum absolute atomic E-state index is 9.60. The van der Waals surface area contributed by atoms with E-state index in [0.29, 0.717) is 12.0 Å². The van der Waals surface area contributed by atoms with Gasteiger partial charge in [0.15, 0.2) is 0 Å². The molecular weight excluding hydrogens is 236 g/mol. The van der Waals surface area contributed by atoms with Crippen molar-refractivity contribution in [3.63, 3.8) is 0 Å². The Labute approximate surface area is 116 Å². The predicted octanol–water partition coefficient (Wildman–Crippen LogP) is 4.40. The smallest absolute Gasteiger partial charge is 0.122 e. The second-order valence-electron chi connectivity index (χ2n) is 5.81. The molecule has 1 aliphatic carbocycles. The zero-order chi connectivity index (χ0) is 13.8. The molecule has 1 aromatic rings. The second-order valence-corrected chi connectivity index (χ2v) is 5.81. The third kappa shape index (κ3) is 3.50. The predicted molar refractivity (Wildman–Crippen MR) is 78.5 cm³/mol. The summed E-state index contributed by atoms with van der Waals surface area (Å²) in [7, 11) is 0. The Bertz CT molecular complexity index is 412. The van der Waals surface area contributed by atoms with Gasteiger partial charge in [-0.3, -0.25) is 0 Å². The van der Waals surface area contributed by atoms with Gasteiger partial charge in [0.25, 0.3) is 0 Å². The zero-order valence-corrected chi connectivity index (χ0v) is 12.4. The standard InChI is InChI=1S/C17H26O2/c1-4-14-7-5-6-8-17(14)19-16-10-9-15(13(3)18)11-12(16)2/h9-11,13-14,17-18H,4-8H2,1-3H3/t13-,14?,17?/m0/s1. The Morgan fingerprint density at radius 2 is 2.05 bits per heavy atom. The first kappa shape index (κ1) is 14.4. The lowest BCUT2D eigenvalue weighted by Crippen LogP contribution is -2.30. The average Bonchev–Trinajstić information content (AvgIpc) is 2.41. The van der Waals surface area contributed by atoms with E-state index in [1.54, 1.807) is 6.92 Å². The highest BCUT2D eigenvalue weighted by atomic mass is 16.5. The van der Waals surface area contributed by atoms with Crippen LogP contribution in [0.25, 0.3) is 0 Å². The van der Waals surface area contributed by atoms with Crippen molar-refractivity contribution in [3.8, 4) is 5.75 Å². The first-order valence-electron chi connectivity index (χ1n) is 7.57. The van der Waals surface area contributed by atoms with E-state index in [0.717, 1.165) is 16.9 Å². The summed E-state index contributed by atoms with van der Waals surface area (Å²) >= 11 is 0. The van der Waals surface area contributed by atoms with Crippen molar-refractivity contribution in [2.75, 3.05) is 0 Å². The van der Waals surface area contributed by atoms with Gasteiger partial charge in [-0.1, -0.05) is 19.4 Å². The van der Waals surface area contributed by atoms with E-state index < -0.39 is 6.10 Å². The molecule has 0 spiro atoms. The van der Waals surface area contributed by atoms with Gasteiger partial charge in [-0.15, -0.1) is 0 Å². The summed E-state index contributed by atoms with van der Waals surface area (Å²) in [4.78, 5) is 0. The molecule has 1 fully saturated rings. The SMILES string of the molecule is CCC1CCCCC1Oc1ccc([C@H](C)O)cc1C.